The Hall–Kier alpha value is -0.900. The van der Waals surface area contributed by atoms with Crippen molar-refractivity contribution in [3.05, 3.63) is 0 Å². The molecule has 1 aliphatic carbocycles. The summed E-state index contributed by atoms with van der Waals surface area (Å²) in [6.07, 6.45) is 8.71. The molecule has 1 saturated carbocycles. The number of carbonyl (C=O) groups excluding carboxylic acids is 2. The van der Waals surface area contributed by atoms with Gasteiger partial charge in [-0.3, -0.25) is 14.5 Å². The van der Waals surface area contributed by atoms with Crippen LogP contribution >= 0.6 is 0 Å². The molecule has 4 nitrogen and oxygen atoms in total. The Morgan fingerprint density at radius 3 is 2.50 bits per heavy atom. The van der Waals surface area contributed by atoms with Gasteiger partial charge < -0.3 is 5.32 Å². The van der Waals surface area contributed by atoms with Crippen LogP contribution in [0, 0.1) is 5.92 Å². The first kappa shape index (κ1) is 15.5. The highest BCUT2D eigenvalue weighted by molar-refractivity contribution is 6.05. The molecule has 4 heteroatoms. The van der Waals surface area contributed by atoms with Gasteiger partial charge in [-0.15, -0.1) is 0 Å². The summed E-state index contributed by atoms with van der Waals surface area (Å²) in [7, 11) is 0. The van der Waals surface area contributed by atoms with E-state index in [-0.39, 0.29) is 17.9 Å². The fraction of sp³-hybridized carbons (Fsp3) is 0.875. The number of imide groups is 1. The molecule has 114 valence electrons. The summed E-state index contributed by atoms with van der Waals surface area (Å²) in [5.74, 6) is 0.663. The molecule has 0 aromatic heterocycles. The van der Waals surface area contributed by atoms with Crippen molar-refractivity contribution in [2.24, 2.45) is 5.92 Å². The largest absolute Gasteiger partial charge is 0.302 e. The third kappa shape index (κ3) is 3.40. The number of hydrogen-bond donors (Lipinski definition) is 1. The van der Waals surface area contributed by atoms with Gasteiger partial charge in [-0.05, 0) is 31.6 Å². The van der Waals surface area contributed by atoms with Crippen molar-refractivity contribution >= 4 is 11.8 Å². The first-order valence-corrected chi connectivity index (χ1v) is 8.27. The Kier molecular flexibility index (Phi) is 5.58. The first-order chi connectivity index (χ1) is 9.67. The SMILES string of the molecule is CCCN1C(=O)CC(NC(CC)C2CCCCC2)C1=O. The molecule has 0 radical (unpaired) electrons. The normalized spacial score (nSPS) is 26.3. The highest BCUT2D eigenvalue weighted by atomic mass is 16.2. The number of nitrogens with one attached hydrogen (secondary N) is 1. The Labute approximate surface area is 122 Å². The molecule has 0 spiro atoms. The zero-order valence-corrected chi connectivity index (χ0v) is 12.9. The summed E-state index contributed by atoms with van der Waals surface area (Å²) < 4.78 is 0. The number of hydrogen-bond acceptors (Lipinski definition) is 3. The van der Waals surface area contributed by atoms with Crippen LogP contribution < -0.4 is 5.32 Å². The van der Waals surface area contributed by atoms with Crippen molar-refractivity contribution in [3.8, 4) is 0 Å². The summed E-state index contributed by atoms with van der Waals surface area (Å²) in [4.78, 5) is 25.6. The van der Waals surface area contributed by atoms with Crippen LogP contribution in [0.4, 0.5) is 0 Å². The van der Waals surface area contributed by atoms with E-state index in [1.54, 1.807) is 0 Å². The van der Waals surface area contributed by atoms with Crippen LogP contribution in [0.2, 0.25) is 0 Å². The summed E-state index contributed by atoms with van der Waals surface area (Å²) in [6.45, 7) is 4.74. The van der Waals surface area contributed by atoms with Crippen molar-refractivity contribution in [3.63, 3.8) is 0 Å². The molecular weight excluding hydrogens is 252 g/mol. The Morgan fingerprint density at radius 2 is 1.90 bits per heavy atom. The minimum absolute atomic E-state index is 0.00662. The van der Waals surface area contributed by atoms with E-state index in [1.165, 1.54) is 37.0 Å². The van der Waals surface area contributed by atoms with Crippen molar-refractivity contribution < 1.29 is 9.59 Å². The summed E-state index contributed by atoms with van der Waals surface area (Å²) in [5.41, 5.74) is 0. The molecule has 0 aromatic carbocycles. The lowest BCUT2D eigenvalue weighted by atomic mass is 9.82. The maximum atomic E-state index is 12.3. The second kappa shape index (κ2) is 7.21. The first-order valence-electron chi connectivity index (χ1n) is 8.27. The molecule has 2 rings (SSSR count). The van der Waals surface area contributed by atoms with E-state index < -0.39 is 0 Å². The van der Waals surface area contributed by atoms with Gasteiger partial charge in [0.15, 0.2) is 0 Å². The maximum absolute atomic E-state index is 12.3. The molecule has 2 amide bonds. The highest BCUT2D eigenvalue weighted by Gasteiger charge is 2.39. The predicted octanol–water partition coefficient (Wildman–Crippen LogP) is 2.47. The molecule has 2 fully saturated rings. The third-order valence-electron chi connectivity index (χ3n) is 4.77. The van der Waals surface area contributed by atoms with E-state index in [1.807, 2.05) is 6.92 Å². The van der Waals surface area contributed by atoms with Gasteiger partial charge in [0, 0.05) is 12.6 Å². The maximum Gasteiger partial charge on any atom is 0.246 e. The fourth-order valence-electron chi connectivity index (χ4n) is 3.65. The lowest BCUT2D eigenvalue weighted by Gasteiger charge is -2.32. The second-order valence-corrected chi connectivity index (χ2v) is 6.22. The van der Waals surface area contributed by atoms with E-state index in [0.29, 0.717) is 24.9 Å². The zero-order chi connectivity index (χ0) is 14.5. The summed E-state index contributed by atoms with van der Waals surface area (Å²) in [6, 6.07) is 0.111. The molecule has 1 aliphatic heterocycles. The van der Waals surface area contributed by atoms with Crippen LogP contribution in [0.15, 0.2) is 0 Å². The molecular formula is C16H28N2O2. The van der Waals surface area contributed by atoms with Crippen LogP contribution in [0.3, 0.4) is 0 Å². The van der Waals surface area contributed by atoms with Gasteiger partial charge in [0.1, 0.15) is 0 Å². The monoisotopic (exact) mass is 280 g/mol. The molecule has 2 atom stereocenters. The van der Waals surface area contributed by atoms with E-state index in [4.69, 9.17) is 0 Å². The van der Waals surface area contributed by atoms with Gasteiger partial charge >= 0.3 is 0 Å². The Bertz CT molecular complexity index is 350. The number of nitrogens with zero attached hydrogens (tertiary/aromatic N) is 1. The molecule has 0 bridgehead atoms. The van der Waals surface area contributed by atoms with E-state index >= 15 is 0 Å². The Morgan fingerprint density at radius 1 is 1.20 bits per heavy atom. The summed E-state index contributed by atoms with van der Waals surface area (Å²) >= 11 is 0. The van der Waals surface area contributed by atoms with Crippen molar-refractivity contribution in [2.75, 3.05) is 6.54 Å². The third-order valence-corrected chi connectivity index (χ3v) is 4.77. The molecule has 2 aliphatic rings. The van der Waals surface area contributed by atoms with Crippen LogP contribution in [0.1, 0.15) is 65.2 Å². The topological polar surface area (TPSA) is 49.4 Å². The highest BCUT2D eigenvalue weighted by Crippen LogP contribution is 2.28. The molecule has 1 saturated heterocycles. The lowest BCUT2D eigenvalue weighted by Crippen LogP contribution is -2.47. The number of rotatable bonds is 6. The molecule has 1 N–H and O–H groups in total. The van der Waals surface area contributed by atoms with Gasteiger partial charge in [-0.2, -0.15) is 0 Å². The van der Waals surface area contributed by atoms with Gasteiger partial charge in [-0.25, -0.2) is 0 Å². The number of likely N-dealkylation sites (tertiary alicyclic amines) is 1. The summed E-state index contributed by atoms with van der Waals surface area (Å²) in [5, 5.41) is 3.49. The van der Waals surface area contributed by atoms with E-state index in [2.05, 4.69) is 12.2 Å². The lowest BCUT2D eigenvalue weighted by molar-refractivity contribution is -0.138. The fourth-order valence-corrected chi connectivity index (χ4v) is 3.65. The average molecular weight is 280 g/mol. The van der Waals surface area contributed by atoms with Crippen LogP contribution in [0.25, 0.3) is 0 Å². The predicted molar refractivity (Wildman–Crippen MR) is 79.2 cm³/mol. The molecule has 20 heavy (non-hydrogen) atoms. The van der Waals surface area contributed by atoms with Gasteiger partial charge in [0.25, 0.3) is 0 Å². The minimum Gasteiger partial charge on any atom is -0.302 e. The zero-order valence-electron chi connectivity index (χ0n) is 12.9. The Balaban J connectivity index is 1.94. The van der Waals surface area contributed by atoms with Gasteiger partial charge in [-0.1, -0.05) is 33.1 Å². The van der Waals surface area contributed by atoms with E-state index in [0.717, 1.165) is 12.8 Å². The minimum atomic E-state index is -0.277. The number of carbonyl (C=O) groups is 2. The van der Waals surface area contributed by atoms with Crippen LogP contribution in [-0.4, -0.2) is 35.3 Å². The average Bonchev–Trinajstić information content (AvgIpc) is 2.73. The quantitative estimate of drug-likeness (QED) is 0.760. The van der Waals surface area contributed by atoms with Gasteiger partial charge in [0.2, 0.25) is 11.8 Å². The molecule has 0 aromatic rings. The van der Waals surface area contributed by atoms with Crippen molar-refractivity contribution in [1.29, 1.82) is 0 Å². The van der Waals surface area contributed by atoms with E-state index in [9.17, 15) is 9.59 Å². The van der Waals surface area contributed by atoms with Crippen LogP contribution in [-0.2, 0) is 9.59 Å². The van der Waals surface area contributed by atoms with Crippen LogP contribution in [0.5, 0.6) is 0 Å². The standard InChI is InChI=1S/C16H28N2O2/c1-3-10-18-15(19)11-14(16(18)20)17-13(4-2)12-8-6-5-7-9-12/h12-14,17H,3-11H2,1-2H3. The molecule has 1 heterocycles. The smallest absolute Gasteiger partial charge is 0.246 e. The second-order valence-electron chi connectivity index (χ2n) is 6.22. The van der Waals surface area contributed by atoms with Crippen molar-refractivity contribution in [2.45, 2.75) is 77.3 Å². The number of amides is 2. The van der Waals surface area contributed by atoms with Gasteiger partial charge in [0.05, 0.1) is 12.5 Å². The molecule has 2 unspecified atom stereocenters. The van der Waals surface area contributed by atoms with Crippen molar-refractivity contribution in [1.82, 2.24) is 10.2 Å².